The minimum absolute atomic E-state index is 0.289. The van der Waals surface area contributed by atoms with Crippen molar-refractivity contribution < 1.29 is 19.3 Å². The predicted octanol–water partition coefficient (Wildman–Crippen LogP) is 0.420. The van der Waals surface area contributed by atoms with E-state index >= 15 is 0 Å². The highest BCUT2D eigenvalue weighted by atomic mass is 16.2. The molecule has 7 heteroatoms. The van der Waals surface area contributed by atoms with Gasteiger partial charge in [0.2, 0.25) is 0 Å². The zero-order valence-electron chi connectivity index (χ0n) is 15.9. The molecule has 7 nitrogen and oxygen atoms in total. The Bertz CT molecular complexity index is 686. The molecule has 0 radical (unpaired) electrons. The van der Waals surface area contributed by atoms with Crippen molar-refractivity contribution >= 4 is 17.8 Å². The molecule has 2 fully saturated rings. The summed E-state index contributed by atoms with van der Waals surface area (Å²) in [5.41, 5.74) is 2.61. The molecule has 146 valence electrons. The van der Waals surface area contributed by atoms with E-state index in [-0.39, 0.29) is 12.5 Å². The molecule has 1 atom stereocenters. The van der Waals surface area contributed by atoms with Gasteiger partial charge in [-0.25, -0.2) is 4.79 Å². The number of benzene rings is 1. The standard InChI is InChI=1S/C20H28N4O3/c1-20(12-11-16-9-5-4-6-10-16)18(26)24(19(27)21-20)22-17(25)15-23-13-7-2-3-8-14-23/h4-6,9-10H,2-3,7-8,11-15H2,1H3,(H,21,27)(H,22,25)/p+1/t20-/m0/s1. The molecular weight excluding hydrogens is 344 g/mol. The second-order valence-corrected chi connectivity index (χ2v) is 7.76. The van der Waals surface area contributed by atoms with E-state index in [2.05, 4.69) is 10.7 Å². The highest BCUT2D eigenvalue weighted by molar-refractivity contribution is 6.07. The lowest BCUT2D eigenvalue weighted by Gasteiger charge is -2.22. The third kappa shape index (κ3) is 4.86. The van der Waals surface area contributed by atoms with E-state index in [1.54, 1.807) is 6.92 Å². The predicted molar refractivity (Wildman–Crippen MR) is 101 cm³/mol. The maximum atomic E-state index is 12.8. The molecular formula is C20H29N4O3+. The smallest absolute Gasteiger partial charge is 0.327 e. The Morgan fingerprint density at radius 1 is 1.15 bits per heavy atom. The fourth-order valence-corrected chi connectivity index (χ4v) is 3.79. The fraction of sp³-hybridized carbons (Fsp3) is 0.550. The van der Waals surface area contributed by atoms with E-state index in [4.69, 9.17) is 0 Å². The normalized spacial score (nSPS) is 23.8. The van der Waals surface area contributed by atoms with Gasteiger partial charge in [0, 0.05) is 0 Å². The number of amides is 4. The van der Waals surface area contributed by atoms with Gasteiger partial charge in [-0.15, -0.1) is 0 Å². The van der Waals surface area contributed by atoms with Crippen LogP contribution in [0.1, 0.15) is 44.6 Å². The van der Waals surface area contributed by atoms with Crippen molar-refractivity contribution in [3.8, 4) is 0 Å². The molecule has 1 aromatic carbocycles. The Labute approximate surface area is 160 Å². The van der Waals surface area contributed by atoms with Gasteiger partial charge in [-0.1, -0.05) is 30.3 Å². The summed E-state index contributed by atoms with van der Waals surface area (Å²) < 4.78 is 0. The Morgan fingerprint density at radius 3 is 2.48 bits per heavy atom. The molecule has 3 rings (SSSR count). The van der Waals surface area contributed by atoms with Gasteiger partial charge in [-0.05, 0) is 51.0 Å². The SMILES string of the molecule is C[C@@]1(CCc2ccccc2)NC(=O)N(NC(=O)C[NH+]2CCCCCC2)C1=O. The number of carbonyl (C=O) groups excluding carboxylic acids is 3. The first-order valence-corrected chi connectivity index (χ1v) is 9.82. The van der Waals surface area contributed by atoms with E-state index in [9.17, 15) is 14.4 Å². The molecule has 1 aromatic rings. The number of urea groups is 1. The number of rotatable bonds is 6. The largest absolute Gasteiger partial charge is 0.344 e. The Balaban J connectivity index is 1.55. The van der Waals surface area contributed by atoms with Gasteiger partial charge in [0.05, 0.1) is 13.1 Å². The first-order chi connectivity index (χ1) is 13.0. The molecule has 3 N–H and O–H groups in total. The summed E-state index contributed by atoms with van der Waals surface area (Å²) in [5.74, 6) is -0.689. The van der Waals surface area contributed by atoms with Crippen molar-refractivity contribution in [2.45, 2.75) is 51.0 Å². The number of hydrogen-bond acceptors (Lipinski definition) is 3. The lowest BCUT2D eigenvalue weighted by Crippen LogP contribution is -3.13. The minimum Gasteiger partial charge on any atom is -0.327 e. The summed E-state index contributed by atoms with van der Waals surface area (Å²) >= 11 is 0. The fourth-order valence-electron chi connectivity index (χ4n) is 3.79. The van der Waals surface area contributed by atoms with Crippen LogP contribution in [0.2, 0.25) is 0 Å². The van der Waals surface area contributed by atoms with Crippen LogP contribution in [0.4, 0.5) is 4.79 Å². The monoisotopic (exact) mass is 373 g/mol. The molecule has 2 aliphatic heterocycles. The molecule has 2 heterocycles. The molecule has 0 saturated carbocycles. The number of likely N-dealkylation sites (tertiary alicyclic amines) is 1. The van der Waals surface area contributed by atoms with Gasteiger partial charge in [-0.2, -0.15) is 5.01 Å². The molecule has 0 aliphatic carbocycles. The number of imide groups is 1. The first-order valence-electron chi connectivity index (χ1n) is 9.82. The lowest BCUT2D eigenvalue weighted by atomic mass is 9.93. The van der Waals surface area contributed by atoms with Crippen molar-refractivity contribution in [1.29, 1.82) is 0 Å². The number of nitrogens with one attached hydrogen (secondary N) is 3. The number of quaternary nitrogens is 1. The second kappa shape index (κ2) is 8.52. The Hall–Kier alpha value is -2.41. The van der Waals surface area contributed by atoms with Crippen LogP contribution >= 0.6 is 0 Å². The van der Waals surface area contributed by atoms with E-state index in [0.29, 0.717) is 12.8 Å². The van der Waals surface area contributed by atoms with Gasteiger partial charge in [-0.3, -0.25) is 15.0 Å². The number of aryl methyl sites for hydroxylation is 1. The molecule has 4 amide bonds. The van der Waals surface area contributed by atoms with Gasteiger partial charge in [0.25, 0.3) is 11.8 Å². The van der Waals surface area contributed by atoms with Crippen LogP contribution < -0.4 is 15.6 Å². The van der Waals surface area contributed by atoms with Crippen molar-refractivity contribution in [3.05, 3.63) is 35.9 Å². The summed E-state index contributed by atoms with van der Waals surface area (Å²) in [5, 5.41) is 3.59. The van der Waals surface area contributed by atoms with E-state index in [0.717, 1.165) is 36.5 Å². The molecule has 27 heavy (non-hydrogen) atoms. The molecule has 0 bridgehead atoms. The average molecular weight is 373 g/mol. The van der Waals surface area contributed by atoms with Gasteiger partial charge in [0.1, 0.15) is 5.54 Å². The van der Waals surface area contributed by atoms with Gasteiger partial charge in [0.15, 0.2) is 6.54 Å². The number of carbonyl (C=O) groups is 3. The van der Waals surface area contributed by atoms with E-state index in [1.165, 1.54) is 17.7 Å². The molecule has 2 saturated heterocycles. The van der Waals surface area contributed by atoms with Crippen molar-refractivity contribution in [1.82, 2.24) is 15.8 Å². The number of nitrogens with zero attached hydrogens (tertiary/aromatic N) is 1. The van der Waals surface area contributed by atoms with Crippen LogP contribution in [0.3, 0.4) is 0 Å². The summed E-state index contributed by atoms with van der Waals surface area (Å²) in [4.78, 5) is 38.6. The highest BCUT2D eigenvalue weighted by Gasteiger charge is 2.48. The van der Waals surface area contributed by atoms with Crippen LogP contribution in [0.25, 0.3) is 0 Å². The van der Waals surface area contributed by atoms with Crippen LogP contribution in [0.15, 0.2) is 30.3 Å². The van der Waals surface area contributed by atoms with Gasteiger partial charge >= 0.3 is 6.03 Å². The summed E-state index contributed by atoms with van der Waals surface area (Å²) in [7, 11) is 0. The summed E-state index contributed by atoms with van der Waals surface area (Å²) in [6.07, 6.45) is 5.79. The minimum atomic E-state index is -1.00. The highest BCUT2D eigenvalue weighted by Crippen LogP contribution is 2.22. The number of hydrazine groups is 1. The zero-order chi connectivity index (χ0) is 19.3. The van der Waals surface area contributed by atoms with Crippen LogP contribution in [-0.4, -0.2) is 48.0 Å². The third-order valence-corrected chi connectivity index (χ3v) is 5.48. The summed E-state index contributed by atoms with van der Waals surface area (Å²) in [6.45, 7) is 3.92. The Morgan fingerprint density at radius 2 is 1.81 bits per heavy atom. The number of hydrogen-bond donors (Lipinski definition) is 3. The van der Waals surface area contributed by atoms with Crippen LogP contribution in [0, 0.1) is 0 Å². The van der Waals surface area contributed by atoms with Crippen molar-refractivity contribution in [2.75, 3.05) is 19.6 Å². The maximum absolute atomic E-state index is 12.8. The summed E-state index contributed by atoms with van der Waals surface area (Å²) in [6, 6.07) is 9.27. The lowest BCUT2D eigenvalue weighted by molar-refractivity contribution is -0.891. The second-order valence-electron chi connectivity index (χ2n) is 7.76. The van der Waals surface area contributed by atoms with E-state index in [1.807, 2.05) is 30.3 Å². The Kier molecular flexibility index (Phi) is 6.11. The van der Waals surface area contributed by atoms with E-state index < -0.39 is 17.5 Å². The van der Waals surface area contributed by atoms with Crippen molar-refractivity contribution in [2.24, 2.45) is 0 Å². The molecule has 0 unspecified atom stereocenters. The maximum Gasteiger partial charge on any atom is 0.344 e. The van der Waals surface area contributed by atoms with Crippen LogP contribution in [-0.2, 0) is 16.0 Å². The molecule has 2 aliphatic rings. The molecule has 0 aromatic heterocycles. The quantitative estimate of drug-likeness (QED) is 0.632. The topological polar surface area (TPSA) is 83.0 Å². The van der Waals surface area contributed by atoms with Crippen molar-refractivity contribution in [3.63, 3.8) is 0 Å². The van der Waals surface area contributed by atoms with Crippen LogP contribution in [0.5, 0.6) is 0 Å². The zero-order valence-corrected chi connectivity index (χ0v) is 15.9. The third-order valence-electron chi connectivity index (χ3n) is 5.48. The average Bonchev–Trinajstić information content (AvgIpc) is 2.84. The first kappa shape index (κ1) is 19.4. The molecule has 0 spiro atoms. The van der Waals surface area contributed by atoms with Gasteiger partial charge < -0.3 is 10.2 Å².